The molecule has 0 aliphatic rings. The van der Waals surface area contributed by atoms with Gasteiger partial charge in [-0.15, -0.1) is 11.3 Å². The Morgan fingerprint density at radius 3 is 2.77 bits per heavy atom. The summed E-state index contributed by atoms with van der Waals surface area (Å²) >= 11 is 1.76. The zero-order valence-corrected chi connectivity index (χ0v) is 8.85. The lowest BCUT2D eigenvalue weighted by Gasteiger charge is -1.94. The maximum Gasteiger partial charge on any atom is 0.170 e. The molecule has 0 bridgehead atoms. The van der Waals surface area contributed by atoms with Crippen molar-refractivity contribution < 1.29 is 0 Å². The van der Waals surface area contributed by atoms with Crippen molar-refractivity contribution in [2.24, 2.45) is 0 Å². The van der Waals surface area contributed by atoms with Crippen molar-refractivity contribution in [3.63, 3.8) is 0 Å². The highest BCUT2D eigenvalue weighted by atomic mass is 32.1. The minimum atomic E-state index is 0.499. The SMILES string of the molecule is Cc1ccnc2nc(C(C)C)sc12. The van der Waals surface area contributed by atoms with Crippen molar-refractivity contribution in [3.8, 4) is 0 Å². The van der Waals surface area contributed by atoms with E-state index in [0.717, 1.165) is 5.65 Å². The van der Waals surface area contributed by atoms with Crippen molar-refractivity contribution >= 4 is 21.7 Å². The predicted molar refractivity (Wildman–Crippen MR) is 56.2 cm³/mol. The first-order valence-electron chi connectivity index (χ1n) is 4.40. The number of pyridine rings is 1. The van der Waals surface area contributed by atoms with Gasteiger partial charge < -0.3 is 0 Å². The molecule has 2 nitrogen and oxygen atoms in total. The number of aryl methyl sites for hydroxylation is 1. The molecule has 0 aliphatic heterocycles. The van der Waals surface area contributed by atoms with E-state index < -0.39 is 0 Å². The molecule has 2 rings (SSSR count). The van der Waals surface area contributed by atoms with Gasteiger partial charge >= 0.3 is 0 Å². The zero-order valence-electron chi connectivity index (χ0n) is 8.03. The van der Waals surface area contributed by atoms with Crippen LogP contribution in [0.3, 0.4) is 0 Å². The Bertz CT molecular complexity index is 431. The molecule has 0 saturated heterocycles. The van der Waals surface area contributed by atoms with Crippen LogP contribution in [0.1, 0.15) is 30.3 Å². The summed E-state index contributed by atoms with van der Waals surface area (Å²) in [6.07, 6.45) is 1.82. The third-order valence-electron chi connectivity index (χ3n) is 2.00. The summed E-state index contributed by atoms with van der Waals surface area (Å²) in [5.74, 6) is 0.499. The Hall–Kier alpha value is -0.960. The number of aromatic nitrogens is 2. The Morgan fingerprint density at radius 1 is 1.38 bits per heavy atom. The van der Waals surface area contributed by atoms with Crippen molar-refractivity contribution in [2.45, 2.75) is 26.7 Å². The van der Waals surface area contributed by atoms with Gasteiger partial charge in [-0.2, -0.15) is 0 Å². The van der Waals surface area contributed by atoms with E-state index in [1.807, 2.05) is 12.3 Å². The van der Waals surface area contributed by atoms with Gasteiger partial charge in [-0.05, 0) is 18.6 Å². The molecule has 0 aromatic carbocycles. The third kappa shape index (κ3) is 1.44. The summed E-state index contributed by atoms with van der Waals surface area (Å²) in [6.45, 7) is 6.42. The van der Waals surface area contributed by atoms with E-state index in [4.69, 9.17) is 0 Å². The van der Waals surface area contributed by atoms with Gasteiger partial charge in [0.25, 0.3) is 0 Å². The Morgan fingerprint density at radius 2 is 2.15 bits per heavy atom. The van der Waals surface area contributed by atoms with E-state index in [1.54, 1.807) is 11.3 Å². The second-order valence-corrected chi connectivity index (χ2v) is 4.52. The Balaban J connectivity index is 2.68. The molecule has 0 fully saturated rings. The molecule has 0 unspecified atom stereocenters. The number of nitrogens with zero attached hydrogens (tertiary/aromatic N) is 2. The molecule has 0 saturated carbocycles. The Kier molecular flexibility index (Phi) is 2.04. The van der Waals surface area contributed by atoms with Crippen LogP contribution in [-0.4, -0.2) is 9.97 Å². The van der Waals surface area contributed by atoms with Gasteiger partial charge in [0, 0.05) is 12.1 Å². The van der Waals surface area contributed by atoms with Crippen LogP contribution in [0.15, 0.2) is 12.3 Å². The molecule has 0 N–H and O–H groups in total. The average Bonchev–Trinajstić information content (AvgIpc) is 2.49. The first-order valence-corrected chi connectivity index (χ1v) is 5.22. The van der Waals surface area contributed by atoms with Crippen molar-refractivity contribution in [1.29, 1.82) is 0 Å². The van der Waals surface area contributed by atoms with Crippen molar-refractivity contribution in [1.82, 2.24) is 9.97 Å². The molecule has 0 radical (unpaired) electrons. The van der Waals surface area contributed by atoms with Crippen molar-refractivity contribution in [2.75, 3.05) is 0 Å². The smallest absolute Gasteiger partial charge is 0.170 e. The summed E-state index contributed by atoms with van der Waals surface area (Å²) < 4.78 is 1.23. The van der Waals surface area contributed by atoms with E-state index in [9.17, 15) is 0 Å². The van der Waals surface area contributed by atoms with Gasteiger partial charge in [-0.3, -0.25) is 0 Å². The second kappa shape index (κ2) is 3.07. The highest BCUT2D eigenvalue weighted by Crippen LogP contribution is 2.27. The largest absolute Gasteiger partial charge is 0.236 e. The van der Waals surface area contributed by atoms with Gasteiger partial charge in [0.05, 0.1) is 9.71 Å². The minimum absolute atomic E-state index is 0.499. The first-order chi connectivity index (χ1) is 6.18. The fourth-order valence-corrected chi connectivity index (χ4v) is 2.21. The highest BCUT2D eigenvalue weighted by Gasteiger charge is 2.08. The normalized spacial score (nSPS) is 11.4. The summed E-state index contributed by atoms with van der Waals surface area (Å²) in [6, 6.07) is 2.03. The lowest BCUT2D eigenvalue weighted by Crippen LogP contribution is -1.84. The minimum Gasteiger partial charge on any atom is -0.236 e. The quantitative estimate of drug-likeness (QED) is 0.693. The van der Waals surface area contributed by atoms with Gasteiger partial charge in [-0.25, -0.2) is 9.97 Å². The molecule has 68 valence electrons. The summed E-state index contributed by atoms with van der Waals surface area (Å²) in [5.41, 5.74) is 2.17. The predicted octanol–water partition coefficient (Wildman–Crippen LogP) is 3.12. The summed E-state index contributed by atoms with van der Waals surface area (Å²) in [5, 5.41) is 1.18. The molecule has 0 amide bonds. The van der Waals surface area contributed by atoms with Crippen LogP contribution >= 0.6 is 11.3 Å². The first kappa shape index (κ1) is 8.63. The van der Waals surface area contributed by atoms with E-state index in [-0.39, 0.29) is 0 Å². The van der Waals surface area contributed by atoms with E-state index in [2.05, 4.69) is 30.7 Å². The fourth-order valence-electron chi connectivity index (χ4n) is 1.21. The maximum atomic E-state index is 4.48. The van der Waals surface area contributed by atoms with E-state index >= 15 is 0 Å². The molecule has 2 heterocycles. The van der Waals surface area contributed by atoms with Crippen LogP contribution in [0.5, 0.6) is 0 Å². The molecular weight excluding hydrogens is 180 g/mol. The molecule has 0 aliphatic carbocycles. The Labute approximate surface area is 81.7 Å². The monoisotopic (exact) mass is 192 g/mol. The van der Waals surface area contributed by atoms with Gasteiger partial charge in [0.15, 0.2) is 5.65 Å². The number of hydrogen-bond donors (Lipinski definition) is 0. The number of fused-ring (bicyclic) bond motifs is 1. The molecule has 0 spiro atoms. The van der Waals surface area contributed by atoms with Crippen LogP contribution in [0.2, 0.25) is 0 Å². The number of hydrogen-bond acceptors (Lipinski definition) is 3. The molecule has 3 heteroatoms. The highest BCUT2D eigenvalue weighted by molar-refractivity contribution is 7.18. The standard InChI is InChI=1S/C10H12N2S/c1-6(2)10-12-9-8(13-10)7(3)4-5-11-9/h4-6H,1-3H3. The second-order valence-electron chi connectivity index (χ2n) is 3.49. The summed E-state index contributed by atoms with van der Waals surface area (Å²) in [4.78, 5) is 8.72. The molecular formula is C10H12N2S. The lowest BCUT2D eigenvalue weighted by atomic mass is 10.2. The molecule has 0 atom stereocenters. The van der Waals surface area contributed by atoms with Gasteiger partial charge in [0.1, 0.15) is 0 Å². The number of thiazole rings is 1. The van der Waals surface area contributed by atoms with Gasteiger partial charge in [-0.1, -0.05) is 13.8 Å². The zero-order chi connectivity index (χ0) is 9.42. The average molecular weight is 192 g/mol. The molecule has 13 heavy (non-hydrogen) atoms. The van der Waals surface area contributed by atoms with Crippen LogP contribution in [0.25, 0.3) is 10.3 Å². The maximum absolute atomic E-state index is 4.48. The molecule has 2 aromatic heterocycles. The fraction of sp³-hybridized carbons (Fsp3) is 0.400. The van der Waals surface area contributed by atoms with E-state index in [0.29, 0.717) is 5.92 Å². The lowest BCUT2D eigenvalue weighted by molar-refractivity contribution is 0.855. The van der Waals surface area contributed by atoms with E-state index in [1.165, 1.54) is 15.3 Å². The third-order valence-corrected chi connectivity index (χ3v) is 3.48. The van der Waals surface area contributed by atoms with Crippen LogP contribution in [-0.2, 0) is 0 Å². The van der Waals surface area contributed by atoms with Crippen molar-refractivity contribution in [3.05, 3.63) is 22.8 Å². The van der Waals surface area contributed by atoms with Crippen LogP contribution in [0, 0.1) is 6.92 Å². The van der Waals surface area contributed by atoms with Crippen LogP contribution in [0.4, 0.5) is 0 Å². The van der Waals surface area contributed by atoms with Crippen LogP contribution < -0.4 is 0 Å². The molecule has 2 aromatic rings. The van der Waals surface area contributed by atoms with Gasteiger partial charge in [0.2, 0.25) is 0 Å². The topological polar surface area (TPSA) is 25.8 Å². The number of rotatable bonds is 1. The summed E-state index contributed by atoms with van der Waals surface area (Å²) in [7, 11) is 0.